The zero-order valence-electron chi connectivity index (χ0n) is 12.1. The molecule has 0 atom stereocenters. The number of benzene rings is 1. The number of rotatable bonds is 5. The summed E-state index contributed by atoms with van der Waals surface area (Å²) in [7, 11) is 0. The standard InChI is InChI=1S/C15H19IN2O3/c1-9(2)8-18(11-4-5-11)15(21)17-13-6-3-10(16)7-12(13)14(19)20/h3,6-7,9,11H,4-5,8H2,1-2H3,(H,17,21)(H,19,20). The lowest BCUT2D eigenvalue weighted by Gasteiger charge is -2.25. The monoisotopic (exact) mass is 402 g/mol. The summed E-state index contributed by atoms with van der Waals surface area (Å²) in [5.41, 5.74) is 0.470. The van der Waals surface area contributed by atoms with Crippen LogP contribution in [0.2, 0.25) is 0 Å². The minimum atomic E-state index is -1.04. The van der Waals surface area contributed by atoms with Gasteiger partial charge in [0.05, 0.1) is 11.3 Å². The molecule has 0 aromatic heterocycles. The molecule has 2 rings (SSSR count). The van der Waals surface area contributed by atoms with Crippen molar-refractivity contribution < 1.29 is 14.7 Å². The SMILES string of the molecule is CC(C)CN(C(=O)Nc1ccc(I)cc1C(=O)O)C1CC1. The van der Waals surface area contributed by atoms with Crippen molar-refractivity contribution >= 4 is 40.3 Å². The van der Waals surface area contributed by atoms with Gasteiger partial charge < -0.3 is 15.3 Å². The smallest absolute Gasteiger partial charge is 0.337 e. The van der Waals surface area contributed by atoms with Gasteiger partial charge in [0.2, 0.25) is 0 Å². The Morgan fingerprint density at radius 3 is 2.62 bits per heavy atom. The number of carbonyl (C=O) groups excluding carboxylic acids is 1. The van der Waals surface area contributed by atoms with Gasteiger partial charge in [-0.25, -0.2) is 9.59 Å². The van der Waals surface area contributed by atoms with Crippen molar-refractivity contribution in [3.05, 3.63) is 27.3 Å². The van der Waals surface area contributed by atoms with Gasteiger partial charge in [0.1, 0.15) is 0 Å². The maximum atomic E-state index is 12.4. The summed E-state index contributed by atoms with van der Waals surface area (Å²) in [5.74, 6) is -0.655. The Morgan fingerprint density at radius 2 is 2.10 bits per heavy atom. The number of carbonyl (C=O) groups is 2. The first kappa shape index (κ1) is 16.1. The fourth-order valence-corrected chi connectivity index (χ4v) is 2.66. The van der Waals surface area contributed by atoms with Crippen LogP contribution in [0, 0.1) is 9.49 Å². The number of anilines is 1. The van der Waals surface area contributed by atoms with E-state index in [1.807, 2.05) is 4.90 Å². The predicted octanol–water partition coefficient (Wildman–Crippen LogP) is 3.64. The van der Waals surface area contributed by atoms with Gasteiger partial charge in [-0.3, -0.25) is 0 Å². The number of nitrogens with one attached hydrogen (secondary N) is 1. The lowest BCUT2D eigenvalue weighted by molar-refractivity contribution is 0.0698. The Kier molecular flexibility index (Phi) is 5.08. The number of hydrogen-bond donors (Lipinski definition) is 2. The molecule has 1 aliphatic rings. The topological polar surface area (TPSA) is 69.6 Å². The third-order valence-corrected chi connectivity index (χ3v) is 3.93. The second kappa shape index (κ2) is 6.64. The van der Waals surface area contributed by atoms with E-state index in [4.69, 9.17) is 0 Å². The molecule has 114 valence electrons. The summed E-state index contributed by atoms with van der Waals surface area (Å²) >= 11 is 2.05. The highest BCUT2D eigenvalue weighted by molar-refractivity contribution is 14.1. The van der Waals surface area contributed by atoms with E-state index in [9.17, 15) is 14.7 Å². The van der Waals surface area contributed by atoms with Gasteiger partial charge in [-0.15, -0.1) is 0 Å². The van der Waals surface area contributed by atoms with E-state index in [2.05, 4.69) is 41.8 Å². The van der Waals surface area contributed by atoms with Crippen LogP contribution < -0.4 is 5.32 Å². The number of carboxylic acid groups (broad SMARTS) is 1. The summed E-state index contributed by atoms with van der Waals surface area (Å²) in [6.45, 7) is 4.82. The minimum Gasteiger partial charge on any atom is -0.478 e. The van der Waals surface area contributed by atoms with Crippen LogP contribution in [0.5, 0.6) is 0 Å². The molecule has 0 saturated heterocycles. The molecule has 1 aliphatic carbocycles. The largest absolute Gasteiger partial charge is 0.478 e. The normalized spacial score (nSPS) is 14.1. The molecule has 1 aromatic carbocycles. The first-order valence-corrected chi connectivity index (χ1v) is 8.07. The molecule has 2 amide bonds. The van der Waals surface area contributed by atoms with Crippen LogP contribution in [0.15, 0.2) is 18.2 Å². The maximum absolute atomic E-state index is 12.4. The van der Waals surface area contributed by atoms with Gasteiger partial charge in [-0.2, -0.15) is 0 Å². The average Bonchev–Trinajstić information content (AvgIpc) is 3.21. The molecule has 6 heteroatoms. The van der Waals surface area contributed by atoms with Crippen LogP contribution in [0.1, 0.15) is 37.0 Å². The summed E-state index contributed by atoms with van der Waals surface area (Å²) in [5, 5.41) is 12.0. The van der Waals surface area contributed by atoms with Crippen LogP contribution in [0.25, 0.3) is 0 Å². The molecule has 0 spiro atoms. The zero-order valence-corrected chi connectivity index (χ0v) is 14.3. The number of urea groups is 1. The molecule has 5 nitrogen and oxygen atoms in total. The van der Waals surface area contributed by atoms with Crippen LogP contribution in [-0.2, 0) is 0 Å². The van der Waals surface area contributed by atoms with Crippen LogP contribution in [0.3, 0.4) is 0 Å². The van der Waals surface area contributed by atoms with Gasteiger partial charge in [0.25, 0.3) is 0 Å². The molecule has 1 saturated carbocycles. The molecule has 2 N–H and O–H groups in total. The van der Waals surface area contributed by atoms with E-state index in [-0.39, 0.29) is 11.6 Å². The van der Waals surface area contributed by atoms with Gasteiger partial charge in [-0.05, 0) is 59.5 Å². The van der Waals surface area contributed by atoms with Crippen molar-refractivity contribution in [2.75, 3.05) is 11.9 Å². The highest BCUT2D eigenvalue weighted by atomic mass is 127. The first-order valence-electron chi connectivity index (χ1n) is 6.99. The lowest BCUT2D eigenvalue weighted by Crippen LogP contribution is -2.39. The molecule has 0 heterocycles. The molecule has 21 heavy (non-hydrogen) atoms. The van der Waals surface area contributed by atoms with E-state index in [0.717, 1.165) is 16.4 Å². The first-order chi connectivity index (χ1) is 9.88. The molecular weight excluding hydrogens is 383 g/mol. The van der Waals surface area contributed by atoms with Crippen molar-refractivity contribution in [1.29, 1.82) is 0 Å². The predicted molar refractivity (Wildman–Crippen MR) is 89.7 cm³/mol. The summed E-state index contributed by atoms with van der Waals surface area (Å²) in [6.07, 6.45) is 2.05. The van der Waals surface area contributed by atoms with Gasteiger partial charge in [0.15, 0.2) is 0 Å². The second-order valence-corrected chi connectivity index (χ2v) is 6.95. The van der Waals surface area contributed by atoms with Gasteiger partial charge in [0, 0.05) is 16.2 Å². The number of amides is 2. The van der Waals surface area contributed by atoms with E-state index < -0.39 is 5.97 Å². The Bertz CT molecular complexity index is 556. The highest BCUT2D eigenvalue weighted by Gasteiger charge is 2.33. The van der Waals surface area contributed by atoms with Gasteiger partial charge >= 0.3 is 12.0 Å². The number of hydrogen-bond acceptors (Lipinski definition) is 2. The quantitative estimate of drug-likeness (QED) is 0.739. The van der Waals surface area contributed by atoms with Crippen LogP contribution >= 0.6 is 22.6 Å². The summed E-state index contributed by atoms with van der Waals surface area (Å²) in [6, 6.07) is 5.07. The third-order valence-electron chi connectivity index (χ3n) is 3.26. The number of carboxylic acids is 1. The van der Waals surface area contributed by atoms with E-state index in [1.165, 1.54) is 0 Å². The molecule has 1 aromatic rings. The Morgan fingerprint density at radius 1 is 1.43 bits per heavy atom. The Balaban J connectivity index is 2.16. The molecule has 0 radical (unpaired) electrons. The van der Waals surface area contributed by atoms with E-state index >= 15 is 0 Å². The maximum Gasteiger partial charge on any atom is 0.337 e. The number of halogens is 1. The molecule has 1 fully saturated rings. The van der Waals surface area contributed by atoms with Crippen molar-refractivity contribution in [3.8, 4) is 0 Å². The van der Waals surface area contributed by atoms with E-state index in [1.54, 1.807) is 18.2 Å². The van der Waals surface area contributed by atoms with Crippen LogP contribution in [-0.4, -0.2) is 34.6 Å². The third kappa shape index (κ3) is 4.33. The zero-order chi connectivity index (χ0) is 15.6. The lowest BCUT2D eigenvalue weighted by atomic mass is 10.2. The molecule has 0 unspecified atom stereocenters. The minimum absolute atomic E-state index is 0.121. The van der Waals surface area contributed by atoms with Crippen molar-refractivity contribution in [3.63, 3.8) is 0 Å². The average molecular weight is 402 g/mol. The van der Waals surface area contributed by atoms with Crippen molar-refractivity contribution in [2.45, 2.75) is 32.7 Å². The highest BCUT2D eigenvalue weighted by Crippen LogP contribution is 2.29. The fourth-order valence-electron chi connectivity index (χ4n) is 2.17. The molecule has 0 aliphatic heterocycles. The van der Waals surface area contributed by atoms with Gasteiger partial charge in [-0.1, -0.05) is 13.8 Å². The Hall–Kier alpha value is -1.31. The summed E-state index contributed by atoms with van der Waals surface area (Å²) < 4.78 is 0.823. The van der Waals surface area contributed by atoms with Crippen molar-refractivity contribution in [2.24, 2.45) is 5.92 Å². The number of aromatic carboxylic acids is 1. The van der Waals surface area contributed by atoms with Crippen molar-refractivity contribution in [1.82, 2.24) is 4.90 Å². The fraction of sp³-hybridized carbons (Fsp3) is 0.467. The molecular formula is C15H19IN2O3. The summed E-state index contributed by atoms with van der Waals surface area (Å²) in [4.78, 5) is 25.5. The second-order valence-electron chi connectivity index (χ2n) is 5.70. The Labute approximate surface area is 137 Å². The van der Waals surface area contributed by atoms with Crippen LogP contribution in [0.4, 0.5) is 10.5 Å². The molecule has 0 bridgehead atoms. The van der Waals surface area contributed by atoms with E-state index in [0.29, 0.717) is 24.2 Å². The number of nitrogens with zero attached hydrogens (tertiary/aromatic N) is 1.